The van der Waals surface area contributed by atoms with Gasteiger partial charge in [0.2, 0.25) is 5.95 Å². The molecule has 0 aliphatic rings. The van der Waals surface area contributed by atoms with Crippen LogP contribution >= 0.6 is 0 Å². The number of hydrogen-bond donors (Lipinski definition) is 2. The van der Waals surface area contributed by atoms with Crippen molar-refractivity contribution in [3.05, 3.63) is 97.0 Å². The molecule has 0 saturated heterocycles. The lowest BCUT2D eigenvalue weighted by atomic mass is 10.2. The Bertz CT molecular complexity index is 1080. The Kier molecular flexibility index (Phi) is 7.22. The summed E-state index contributed by atoms with van der Waals surface area (Å²) in [6.45, 7) is 4.00. The van der Waals surface area contributed by atoms with Gasteiger partial charge in [-0.15, -0.1) is 0 Å². The predicted molar refractivity (Wildman–Crippen MR) is 121 cm³/mol. The average molecular weight is 397 g/mol. The van der Waals surface area contributed by atoms with Crippen molar-refractivity contribution in [2.75, 3.05) is 10.6 Å². The number of pyridine rings is 1. The second kappa shape index (κ2) is 10.5. The first-order valence-electron chi connectivity index (χ1n) is 9.75. The molecule has 30 heavy (non-hydrogen) atoms. The Morgan fingerprint density at radius 1 is 0.833 bits per heavy atom. The summed E-state index contributed by atoms with van der Waals surface area (Å²) in [5.41, 5.74) is 3.75. The third kappa shape index (κ3) is 5.48. The van der Waals surface area contributed by atoms with Gasteiger partial charge in [-0.05, 0) is 48.5 Å². The Labute approximate surface area is 176 Å². The van der Waals surface area contributed by atoms with E-state index in [9.17, 15) is 4.79 Å². The number of carbonyl (C=O) groups is 1. The maximum Gasteiger partial charge on any atom is 0.255 e. The molecule has 0 unspecified atom stereocenters. The topological polar surface area (TPSA) is 79.8 Å². The largest absolute Gasteiger partial charge is 0.324 e. The number of amides is 1. The van der Waals surface area contributed by atoms with Gasteiger partial charge in [0.15, 0.2) is 0 Å². The lowest BCUT2D eigenvalue weighted by Crippen LogP contribution is -2.11. The van der Waals surface area contributed by atoms with E-state index in [2.05, 4.69) is 25.6 Å². The van der Waals surface area contributed by atoms with E-state index in [4.69, 9.17) is 0 Å². The molecule has 4 rings (SSSR count). The number of carbonyl (C=O) groups excluding carboxylic acids is 1. The van der Waals surface area contributed by atoms with Crippen LogP contribution in [0.2, 0.25) is 0 Å². The highest BCUT2D eigenvalue weighted by Crippen LogP contribution is 2.21. The van der Waals surface area contributed by atoms with Gasteiger partial charge in [-0.25, -0.2) is 9.97 Å². The van der Waals surface area contributed by atoms with Crippen LogP contribution in [0.1, 0.15) is 24.2 Å². The van der Waals surface area contributed by atoms with Gasteiger partial charge in [-0.1, -0.05) is 38.1 Å². The van der Waals surface area contributed by atoms with Gasteiger partial charge in [-0.3, -0.25) is 9.78 Å². The van der Waals surface area contributed by atoms with E-state index in [0.29, 0.717) is 17.2 Å². The van der Waals surface area contributed by atoms with Crippen molar-refractivity contribution in [2.24, 2.45) is 0 Å². The number of hydrogen-bond acceptors (Lipinski definition) is 5. The van der Waals surface area contributed by atoms with Gasteiger partial charge in [0.05, 0.1) is 5.69 Å². The fourth-order valence-corrected chi connectivity index (χ4v) is 2.69. The number of aromatic nitrogens is 3. The van der Waals surface area contributed by atoms with Crippen LogP contribution in [-0.2, 0) is 0 Å². The summed E-state index contributed by atoms with van der Waals surface area (Å²) in [7, 11) is 0. The second-order valence-corrected chi connectivity index (χ2v) is 6.03. The molecular formula is C24H23N5O. The normalized spacial score (nSPS) is 9.80. The zero-order chi connectivity index (χ0) is 21.2. The standard InChI is InChI=1S/C22H17N5O.C2H6/c28-21(16-6-2-1-3-7-16)25-18-9-4-10-19(14-18)26-22-24-13-11-20(27-22)17-8-5-12-23-15-17;1-2/h1-15H,(H,25,28)(H,24,26,27);1-2H3. The van der Waals surface area contributed by atoms with Crippen LogP contribution in [0.15, 0.2) is 91.4 Å². The smallest absolute Gasteiger partial charge is 0.255 e. The first kappa shape index (κ1) is 20.7. The van der Waals surface area contributed by atoms with Gasteiger partial charge in [-0.2, -0.15) is 0 Å². The molecule has 2 heterocycles. The van der Waals surface area contributed by atoms with Crippen LogP contribution in [-0.4, -0.2) is 20.9 Å². The summed E-state index contributed by atoms with van der Waals surface area (Å²) in [6, 6.07) is 22.1. The molecule has 0 aliphatic heterocycles. The third-order valence-electron chi connectivity index (χ3n) is 4.03. The molecule has 2 aromatic carbocycles. The number of nitrogens with one attached hydrogen (secondary N) is 2. The predicted octanol–water partition coefficient (Wildman–Crippen LogP) is 5.56. The van der Waals surface area contributed by atoms with E-state index in [1.165, 1.54) is 0 Å². The summed E-state index contributed by atoms with van der Waals surface area (Å²) in [6.07, 6.45) is 5.17. The summed E-state index contributed by atoms with van der Waals surface area (Å²) in [5, 5.41) is 6.07. The molecule has 6 heteroatoms. The Hall–Kier alpha value is -4.06. The quantitative estimate of drug-likeness (QED) is 0.461. The van der Waals surface area contributed by atoms with Gasteiger partial charge < -0.3 is 10.6 Å². The number of benzene rings is 2. The first-order chi connectivity index (χ1) is 14.8. The molecule has 150 valence electrons. The molecule has 6 nitrogen and oxygen atoms in total. The van der Waals surface area contributed by atoms with Crippen molar-refractivity contribution >= 4 is 23.2 Å². The highest BCUT2D eigenvalue weighted by molar-refractivity contribution is 6.04. The minimum atomic E-state index is -0.160. The molecule has 0 spiro atoms. The van der Waals surface area contributed by atoms with E-state index < -0.39 is 0 Å². The summed E-state index contributed by atoms with van der Waals surface area (Å²) in [4.78, 5) is 25.2. The van der Waals surface area contributed by atoms with Gasteiger partial charge >= 0.3 is 0 Å². The summed E-state index contributed by atoms with van der Waals surface area (Å²) in [5.74, 6) is 0.306. The van der Waals surface area contributed by atoms with Crippen LogP contribution in [0, 0.1) is 0 Å². The van der Waals surface area contributed by atoms with Crippen LogP contribution < -0.4 is 10.6 Å². The van der Waals surface area contributed by atoms with Crippen molar-refractivity contribution in [1.29, 1.82) is 0 Å². The van der Waals surface area contributed by atoms with Gasteiger partial charge in [0.25, 0.3) is 5.91 Å². The molecule has 4 aromatic rings. The highest BCUT2D eigenvalue weighted by atomic mass is 16.1. The van der Waals surface area contributed by atoms with Crippen LogP contribution in [0.4, 0.5) is 17.3 Å². The van der Waals surface area contributed by atoms with Crippen LogP contribution in [0.5, 0.6) is 0 Å². The average Bonchev–Trinajstić information content (AvgIpc) is 2.82. The Morgan fingerprint density at radius 3 is 2.40 bits per heavy atom. The van der Waals surface area contributed by atoms with Crippen molar-refractivity contribution in [3.63, 3.8) is 0 Å². The van der Waals surface area contributed by atoms with Crippen molar-refractivity contribution < 1.29 is 4.79 Å². The number of nitrogens with zero attached hydrogens (tertiary/aromatic N) is 3. The Morgan fingerprint density at radius 2 is 1.63 bits per heavy atom. The van der Waals surface area contributed by atoms with Gasteiger partial charge in [0.1, 0.15) is 0 Å². The number of rotatable bonds is 5. The van der Waals surface area contributed by atoms with E-state index >= 15 is 0 Å². The molecule has 0 fully saturated rings. The zero-order valence-corrected chi connectivity index (χ0v) is 16.9. The molecule has 0 radical (unpaired) electrons. The summed E-state index contributed by atoms with van der Waals surface area (Å²) >= 11 is 0. The molecular weight excluding hydrogens is 374 g/mol. The summed E-state index contributed by atoms with van der Waals surface area (Å²) < 4.78 is 0. The van der Waals surface area contributed by atoms with E-state index in [1.807, 2.05) is 74.5 Å². The maximum atomic E-state index is 12.3. The molecule has 0 bridgehead atoms. The van der Waals surface area contributed by atoms with Crippen LogP contribution in [0.3, 0.4) is 0 Å². The minimum absolute atomic E-state index is 0.160. The molecule has 2 aromatic heterocycles. The fraction of sp³-hybridized carbons (Fsp3) is 0.0833. The van der Waals surface area contributed by atoms with Crippen molar-refractivity contribution in [1.82, 2.24) is 15.0 Å². The molecule has 0 saturated carbocycles. The van der Waals surface area contributed by atoms with Crippen LogP contribution in [0.25, 0.3) is 11.3 Å². The first-order valence-corrected chi connectivity index (χ1v) is 9.75. The zero-order valence-electron chi connectivity index (χ0n) is 16.9. The fourth-order valence-electron chi connectivity index (χ4n) is 2.69. The SMILES string of the molecule is CC.O=C(Nc1cccc(Nc2nccc(-c3cccnc3)n2)c1)c1ccccc1. The Balaban J connectivity index is 0.00000124. The monoisotopic (exact) mass is 397 g/mol. The lowest BCUT2D eigenvalue weighted by molar-refractivity contribution is 0.102. The molecule has 1 amide bonds. The lowest BCUT2D eigenvalue weighted by Gasteiger charge is -2.09. The number of anilines is 3. The van der Waals surface area contributed by atoms with Crippen molar-refractivity contribution in [2.45, 2.75) is 13.8 Å². The van der Waals surface area contributed by atoms with E-state index in [-0.39, 0.29) is 5.91 Å². The van der Waals surface area contributed by atoms with E-state index in [1.54, 1.807) is 30.7 Å². The van der Waals surface area contributed by atoms with E-state index in [0.717, 1.165) is 16.9 Å². The van der Waals surface area contributed by atoms with Crippen molar-refractivity contribution in [3.8, 4) is 11.3 Å². The second-order valence-electron chi connectivity index (χ2n) is 6.03. The molecule has 0 atom stereocenters. The molecule has 2 N–H and O–H groups in total. The maximum absolute atomic E-state index is 12.3. The highest BCUT2D eigenvalue weighted by Gasteiger charge is 2.07. The third-order valence-corrected chi connectivity index (χ3v) is 4.03. The minimum Gasteiger partial charge on any atom is -0.324 e. The van der Waals surface area contributed by atoms with Gasteiger partial charge in [0, 0.05) is 41.1 Å². The molecule has 0 aliphatic carbocycles.